The van der Waals surface area contributed by atoms with Gasteiger partial charge in [0.2, 0.25) is 0 Å². The van der Waals surface area contributed by atoms with Crippen molar-refractivity contribution in [1.29, 1.82) is 0 Å². The molecule has 0 N–H and O–H groups in total. The van der Waals surface area contributed by atoms with Crippen LogP contribution in [-0.2, 0) is 0 Å². The number of aryl methyl sites for hydroxylation is 1. The Kier molecular flexibility index (Phi) is 5.36. The van der Waals surface area contributed by atoms with Gasteiger partial charge in [0.15, 0.2) is 0 Å². The molecular weight excluding hydrogens is 436 g/mol. The van der Waals surface area contributed by atoms with Gasteiger partial charge in [0.05, 0.1) is 22.5 Å². The van der Waals surface area contributed by atoms with Crippen molar-refractivity contribution in [2.75, 3.05) is 0 Å². The highest BCUT2D eigenvalue weighted by Crippen LogP contribution is 2.39. The van der Waals surface area contributed by atoms with Crippen molar-refractivity contribution in [2.45, 2.75) is 16.7 Å². The van der Waals surface area contributed by atoms with Crippen LogP contribution in [0.3, 0.4) is 0 Å². The summed E-state index contributed by atoms with van der Waals surface area (Å²) in [7, 11) is 0. The molecule has 4 aromatic rings. The van der Waals surface area contributed by atoms with Gasteiger partial charge >= 0.3 is 0 Å². The highest BCUT2D eigenvalue weighted by molar-refractivity contribution is 9.10. The van der Waals surface area contributed by atoms with Crippen LogP contribution in [0.15, 0.2) is 87.5 Å². The normalized spacial score (nSPS) is 10.8. The Morgan fingerprint density at radius 1 is 1.04 bits per heavy atom. The maximum Gasteiger partial charge on any atom is 0.298 e. The molecular formula is C21H15BrN4OS. The summed E-state index contributed by atoms with van der Waals surface area (Å²) in [4.78, 5) is 23.2. The van der Waals surface area contributed by atoms with E-state index in [2.05, 4.69) is 31.0 Å². The first kappa shape index (κ1) is 18.6. The largest absolute Gasteiger partial charge is 0.298 e. The van der Waals surface area contributed by atoms with Gasteiger partial charge in [-0.25, -0.2) is 4.98 Å². The molecule has 0 amide bonds. The minimum atomic E-state index is -0.308. The van der Waals surface area contributed by atoms with E-state index in [1.807, 2.05) is 61.5 Å². The molecule has 2 heterocycles. The Balaban J connectivity index is 1.85. The number of nitrogens with zero attached hydrogens (tertiary/aromatic N) is 4. The number of halogens is 1. The summed E-state index contributed by atoms with van der Waals surface area (Å²) in [6.45, 7) is 1.91. The van der Waals surface area contributed by atoms with Gasteiger partial charge in [0, 0.05) is 27.3 Å². The van der Waals surface area contributed by atoms with E-state index < -0.39 is 0 Å². The van der Waals surface area contributed by atoms with Crippen LogP contribution in [0.1, 0.15) is 16.2 Å². The standard InChI is InChI=1S/C21H15BrN4OS/c1-14-20(28-17-9-7-16(22)8-10-17)19(15-5-3-2-4-6-15)26(25-14)21(27)18-13-23-11-12-24-18/h2-13H,1H3. The molecule has 5 nitrogen and oxygen atoms in total. The summed E-state index contributed by atoms with van der Waals surface area (Å²) in [6.07, 6.45) is 4.50. The summed E-state index contributed by atoms with van der Waals surface area (Å²) < 4.78 is 2.45. The number of benzene rings is 2. The topological polar surface area (TPSA) is 60.7 Å². The van der Waals surface area contributed by atoms with Crippen LogP contribution in [0.4, 0.5) is 0 Å². The Morgan fingerprint density at radius 3 is 2.46 bits per heavy atom. The third-order valence-electron chi connectivity index (χ3n) is 4.06. The van der Waals surface area contributed by atoms with Crippen LogP contribution in [0.2, 0.25) is 0 Å². The second-order valence-electron chi connectivity index (χ2n) is 5.99. The van der Waals surface area contributed by atoms with E-state index in [1.54, 1.807) is 11.8 Å². The predicted octanol–water partition coefficient (Wildman–Crippen LogP) is 5.25. The Labute approximate surface area is 175 Å². The monoisotopic (exact) mass is 450 g/mol. The average molecular weight is 451 g/mol. The fraction of sp³-hybridized carbons (Fsp3) is 0.0476. The van der Waals surface area contributed by atoms with E-state index in [0.29, 0.717) is 0 Å². The smallest absolute Gasteiger partial charge is 0.265 e. The number of carbonyl (C=O) groups is 1. The summed E-state index contributed by atoms with van der Waals surface area (Å²) in [5, 5.41) is 4.55. The van der Waals surface area contributed by atoms with Gasteiger partial charge in [0.1, 0.15) is 5.69 Å². The SMILES string of the molecule is Cc1nn(C(=O)c2cnccn2)c(-c2ccccc2)c1Sc1ccc(Br)cc1. The molecule has 0 saturated carbocycles. The van der Waals surface area contributed by atoms with Crippen LogP contribution < -0.4 is 0 Å². The van der Waals surface area contributed by atoms with Gasteiger partial charge in [-0.15, -0.1) is 0 Å². The first-order valence-electron chi connectivity index (χ1n) is 8.52. The van der Waals surface area contributed by atoms with E-state index in [-0.39, 0.29) is 11.6 Å². The molecule has 4 rings (SSSR count). The van der Waals surface area contributed by atoms with E-state index in [9.17, 15) is 4.79 Å². The van der Waals surface area contributed by atoms with Crippen molar-refractivity contribution in [1.82, 2.24) is 19.7 Å². The van der Waals surface area contributed by atoms with Crippen LogP contribution in [0.25, 0.3) is 11.3 Å². The van der Waals surface area contributed by atoms with Crippen molar-refractivity contribution >= 4 is 33.6 Å². The first-order valence-corrected chi connectivity index (χ1v) is 10.1. The van der Waals surface area contributed by atoms with Gasteiger partial charge in [-0.3, -0.25) is 9.78 Å². The van der Waals surface area contributed by atoms with E-state index in [4.69, 9.17) is 0 Å². The number of aromatic nitrogens is 4. The van der Waals surface area contributed by atoms with E-state index >= 15 is 0 Å². The zero-order chi connectivity index (χ0) is 19.5. The van der Waals surface area contributed by atoms with Gasteiger partial charge < -0.3 is 0 Å². The van der Waals surface area contributed by atoms with Crippen LogP contribution in [0.5, 0.6) is 0 Å². The van der Waals surface area contributed by atoms with Crippen molar-refractivity contribution in [3.63, 3.8) is 0 Å². The Bertz CT molecular complexity index is 1110. The van der Waals surface area contributed by atoms with Crippen molar-refractivity contribution in [2.24, 2.45) is 0 Å². The highest BCUT2D eigenvalue weighted by atomic mass is 79.9. The average Bonchev–Trinajstić information content (AvgIpc) is 3.06. The molecule has 0 radical (unpaired) electrons. The molecule has 0 unspecified atom stereocenters. The molecule has 138 valence electrons. The van der Waals surface area contributed by atoms with Crippen LogP contribution >= 0.6 is 27.7 Å². The van der Waals surface area contributed by atoms with Crippen molar-refractivity contribution < 1.29 is 4.79 Å². The van der Waals surface area contributed by atoms with Crippen LogP contribution in [-0.4, -0.2) is 25.7 Å². The molecule has 0 fully saturated rings. The molecule has 2 aromatic carbocycles. The molecule has 28 heavy (non-hydrogen) atoms. The van der Waals surface area contributed by atoms with Crippen molar-refractivity contribution in [3.05, 3.63) is 89.0 Å². The highest BCUT2D eigenvalue weighted by Gasteiger charge is 2.23. The minimum absolute atomic E-state index is 0.252. The fourth-order valence-electron chi connectivity index (χ4n) is 2.77. The second kappa shape index (κ2) is 8.08. The second-order valence-corrected chi connectivity index (χ2v) is 7.99. The van der Waals surface area contributed by atoms with Gasteiger partial charge in [-0.2, -0.15) is 9.78 Å². The first-order chi connectivity index (χ1) is 13.6. The zero-order valence-electron chi connectivity index (χ0n) is 14.9. The molecule has 0 atom stereocenters. The lowest BCUT2D eigenvalue weighted by Gasteiger charge is -2.09. The molecule has 7 heteroatoms. The maximum atomic E-state index is 13.1. The minimum Gasteiger partial charge on any atom is -0.265 e. The number of hydrogen-bond donors (Lipinski definition) is 0. The summed E-state index contributed by atoms with van der Waals surface area (Å²) in [6, 6.07) is 17.8. The summed E-state index contributed by atoms with van der Waals surface area (Å²) in [5.74, 6) is -0.308. The third-order valence-corrected chi connectivity index (χ3v) is 5.79. The molecule has 0 aliphatic heterocycles. The summed E-state index contributed by atoms with van der Waals surface area (Å²) in [5.41, 5.74) is 2.70. The lowest BCUT2D eigenvalue weighted by atomic mass is 10.1. The Morgan fingerprint density at radius 2 is 1.79 bits per heavy atom. The van der Waals surface area contributed by atoms with Gasteiger partial charge in [0.25, 0.3) is 5.91 Å². The van der Waals surface area contributed by atoms with Gasteiger partial charge in [-0.05, 0) is 31.2 Å². The molecule has 0 saturated heterocycles. The maximum absolute atomic E-state index is 13.1. The predicted molar refractivity (Wildman–Crippen MR) is 112 cm³/mol. The number of rotatable bonds is 4. The molecule has 2 aromatic heterocycles. The lowest BCUT2D eigenvalue weighted by molar-refractivity contribution is 0.0941. The molecule has 0 aliphatic rings. The van der Waals surface area contributed by atoms with Crippen molar-refractivity contribution in [3.8, 4) is 11.3 Å². The number of hydrogen-bond acceptors (Lipinski definition) is 5. The quantitative estimate of drug-likeness (QED) is 0.424. The molecule has 0 spiro atoms. The zero-order valence-corrected chi connectivity index (χ0v) is 17.3. The van der Waals surface area contributed by atoms with Gasteiger partial charge in [-0.1, -0.05) is 58.0 Å². The lowest BCUT2D eigenvalue weighted by Crippen LogP contribution is -2.16. The third kappa shape index (κ3) is 3.76. The van der Waals surface area contributed by atoms with E-state index in [1.165, 1.54) is 23.3 Å². The molecule has 0 aliphatic carbocycles. The molecule has 0 bridgehead atoms. The van der Waals surface area contributed by atoms with Crippen LogP contribution in [0, 0.1) is 6.92 Å². The summed E-state index contributed by atoms with van der Waals surface area (Å²) >= 11 is 5.05. The van der Waals surface area contributed by atoms with E-state index in [0.717, 1.165) is 31.2 Å². The number of carbonyl (C=O) groups excluding carboxylic acids is 1. The Hall–Kier alpha value is -2.77. The fourth-order valence-corrected chi connectivity index (χ4v) is 4.03.